The molecule has 0 atom stereocenters. The Bertz CT molecular complexity index is 547. The molecule has 0 bridgehead atoms. The number of nitro benzene ring substituents is 1. The largest absolute Gasteiger partial charge is 0.277 e. The molecule has 0 saturated carbocycles. The molecule has 2 aromatic carbocycles. The summed E-state index contributed by atoms with van der Waals surface area (Å²) in [6.45, 7) is 3.86. The van der Waals surface area contributed by atoms with E-state index in [0.717, 1.165) is 21.9 Å². The molecule has 0 radical (unpaired) electrons. The van der Waals surface area contributed by atoms with Gasteiger partial charge in [0, 0.05) is 6.07 Å². The second-order valence-electron chi connectivity index (χ2n) is 3.66. The van der Waals surface area contributed by atoms with Gasteiger partial charge >= 0.3 is 0 Å². The zero-order valence-corrected chi connectivity index (χ0v) is 8.65. The van der Waals surface area contributed by atoms with Crippen LogP contribution in [0.1, 0.15) is 11.1 Å². The molecule has 0 spiro atoms. The molecule has 0 N–H and O–H groups in total. The summed E-state index contributed by atoms with van der Waals surface area (Å²) in [4.78, 5) is 10.6. The minimum atomic E-state index is -0.325. The summed E-state index contributed by atoms with van der Waals surface area (Å²) in [6, 6.07) is 9.11. The molecule has 2 rings (SSSR count). The lowest BCUT2D eigenvalue weighted by Crippen LogP contribution is -1.92. The maximum Gasteiger partial charge on any atom is 0.277 e. The normalized spacial score (nSPS) is 10.5. The van der Waals surface area contributed by atoms with Gasteiger partial charge < -0.3 is 0 Å². The fourth-order valence-electron chi connectivity index (χ4n) is 1.87. The molecule has 0 aliphatic carbocycles. The van der Waals surface area contributed by atoms with E-state index in [1.807, 2.05) is 32.0 Å². The van der Waals surface area contributed by atoms with Crippen molar-refractivity contribution in [1.29, 1.82) is 0 Å². The quantitative estimate of drug-likeness (QED) is 0.524. The van der Waals surface area contributed by atoms with Crippen LogP contribution >= 0.6 is 0 Å². The van der Waals surface area contributed by atoms with E-state index in [9.17, 15) is 10.1 Å². The van der Waals surface area contributed by atoms with E-state index in [1.165, 1.54) is 0 Å². The Labute approximate surface area is 87.5 Å². The van der Waals surface area contributed by atoms with Crippen molar-refractivity contribution in [3.63, 3.8) is 0 Å². The first-order valence-electron chi connectivity index (χ1n) is 4.74. The molecule has 0 fully saturated rings. The van der Waals surface area contributed by atoms with E-state index in [2.05, 4.69) is 0 Å². The average molecular weight is 201 g/mol. The Hall–Kier alpha value is -1.90. The molecular formula is C12H11NO2. The van der Waals surface area contributed by atoms with Crippen LogP contribution in [-0.4, -0.2) is 4.92 Å². The maximum absolute atomic E-state index is 10.9. The van der Waals surface area contributed by atoms with Crippen LogP contribution in [0, 0.1) is 24.0 Å². The van der Waals surface area contributed by atoms with Gasteiger partial charge in [0.15, 0.2) is 0 Å². The first-order valence-corrected chi connectivity index (χ1v) is 4.74. The molecule has 3 nitrogen and oxygen atoms in total. The van der Waals surface area contributed by atoms with Gasteiger partial charge in [-0.25, -0.2) is 0 Å². The third-order valence-corrected chi connectivity index (χ3v) is 2.64. The summed E-state index contributed by atoms with van der Waals surface area (Å²) in [5.74, 6) is 0. The summed E-state index contributed by atoms with van der Waals surface area (Å²) in [5.41, 5.74) is 2.20. The molecule has 3 heteroatoms. The van der Waals surface area contributed by atoms with Crippen LogP contribution < -0.4 is 0 Å². The standard InChI is InChI=1S/C12H11NO2/c1-8-6-7-11(13(14)15)12-9(2)4-3-5-10(8)12/h3-7H,1-2H3. The number of benzene rings is 2. The van der Waals surface area contributed by atoms with E-state index in [4.69, 9.17) is 0 Å². The summed E-state index contributed by atoms with van der Waals surface area (Å²) >= 11 is 0. The van der Waals surface area contributed by atoms with Crippen LogP contribution in [0.4, 0.5) is 5.69 Å². The van der Waals surface area contributed by atoms with Crippen LogP contribution in [-0.2, 0) is 0 Å². The van der Waals surface area contributed by atoms with E-state index in [-0.39, 0.29) is 10.6 Å². The Morgan fingerprint density at radius 3 is 2.47 bits per heavy atom. The highest BCUT2D eigenvalue weighted by Gasteiger charge is 2.14. The number of aryl methyl sites for hydroxylation is 2. The van der Waals surface area contributed by atoms with Crippen LogP contribution in [0.5, 0.6) is 0 Å². The molecular weight excluding hydrogens is 190 g/mol. The van der Waals surface area contributed by atoms with Gasteiger partial charge in [0.25, 0.3) is 5.69 Å². The fraction of sp³-hybridized carbons (Fsp3) is 0.167. The van der Waals surface area contributed by atoms with E-state index in [1.54, 1.807) is 12.1 Å². The van der Waals surface area contributed by atoms with Crippen molar-refractivity contribution in [3.8, 4) is 0 Å². The van der Waals surface area contributed by atoms with E-state index < -0.39 is 0 Å². The number of fused-ring (bicyclic) bond motifs is 1. The average Bonchev–Trinajstić information content (AvgIpc) is 2.19. The van der Waals surface area contributed by atoms with Crippen molar-refractivity contribution >= 4 is 16.5 Å². The smallest absolute Gasteiger partial charge is 0.258 e. The van der Waals surface area contributed by atoms with Crippen molar-refractivity contribution in [3.05, 3.63) is 51.6 Å². The predicted molar refractivity (Wildman–Crippen MR) is 60.1 cm³/mol. The van der Waals surface area contributed by atoms with Crippen LogP contribution in [0.2, 0.25) is 0 Å². The van der Waals surface area contributed by atoms with Gasteiger partial charge in [-0.15, -0.1) is 0 Å². The SMILES string of the molecule is Cc1ccc([N+](=O)[O-])c2c(C)cccc12. The number of hydrogen-bond donors (Lipinski definition) is 0. The summed E-state index contributed by atoms with van der Waals surface area (Å²) < 4.78 is 0. The van der Waals surface area contributed by atoms with Crippen LogP contribution in [0.25, 0.3) is 10.8 Å². The Morgan fingerprint density at radius 2 is 1.80 bits per heavy atom. The highest BCUT2D eigenvalue weighted by molar-refractivity contribution is 5.95. The van der Waals surface area contributed by atoms with E-state index in [0.29, 0.717) is 0 Å². The summed E-state index contributed by atoms with van der Waals surface area (Å²) in [6.07, 6.45) is 0. The molecule has 0 aliphatic rings. The van der Waals surface area contributed by atoms with Crippen molar-refractivity contribution < 1.29 is 4.92 Å². The highest BCUT2D eigenvalue weighted by Crippen LogP contribution is 2.30. The first kappa shape index (κ1) is 9.65. The van der Waals surface area contributed by atoms with Crippen molar-refractivity contribution in [2.75, 3.05) is 0 Å². The Morgan fingerprint density at radius 1 is 1.07 bits per heavy atom. The van der Waals surface area contributed by atoms with E-state index >= 15 is 0 Å². The number of rotatable bonds is 1. The Balaban J connectivity index is 2.96. The van der Waals surface area contributed by atoms with Gasteiger partial charge in [0.2, 0.25) is 0 Å². The Kier molecular flexibility index (Phi) is 2.15. The first-order chi connectivity index (χ1) is 7.11. The molecule has 0 unspecified atom stereocenters. The lowest BCUT2D eigenvalue weighted by Gasteiger charge is -2.05. The van der Waals surface area contributed by atoms with Gasteiger partial charge in [-0.2, -0.15) is 0 Å². The number of nitrogens with zero attached hydrogens (tertiary/aromatic N) is 1. The zero-order valence-electron chi connectivity index (χ0n) is 8.65. The van der Waals surface area contributed by atoms with Gasteiger partial charge in [-0.1, -0.05) is 24.3 Å². The second kappa shape index (κ2) is 3.35. The zero-order chi connectivity index (χ0) is 11.0. The topological polar surface area (TPSA) is 43.1 Å². The molecule has 0 amide bonds. The molecule has 76 valence electrons. The maximum atomic E-state index is 10.9. The molecule has 0 heterocycles. The number of hydrogen-bond acceptors (Lipinski definition) is 2. The minimum absolute atomic E-state index is 0.189. The van der Waals surface area contributed by atoms with Crippen molar-refractivity contribution in [1.82, 2.24) is 0 Å². The van der Waals surface area contributed by atoms with Crippen LogP contribution in [0.3, 0.4) is 0 Å². The summed E-state index contributed by atoms with van der Waals surface area (Å²) in [7, 11) is 0. The molecule has 0 aliphatic heterocycles. The monoisotopic (exact) mass is 201 g/mol. The van der Waals surface area contributed by atoms with Gasteiger partial charge in [0.1, 0.15) is 0 Å². The lowest BCUT2D eigenvalue weighted by molar-refractivity contribution is -0.383. The van der Waals surface area contributed by atoms with Crippen LogP contribution in [0.15, 0.2) is 30.3 Å². The molecule has 0 saturated heterocycles. The predicted octanol–water partition coefficient (Wildman–Crippen LogP) is 3.36. The van der Waals surface area contributed by atoms with Gasteiger partial charge in [-0.05, 0) is 30.4 Å². The highest BCUT2D eigenvalue weighted by atomic mass is 16.6. The van der Waals surface area contributed by atoms with Gasteiger partial charge in [-0.3, -0.25) is 10.1 Å². The molecule has 15 heavy (non-hydrogen) atoms. The molecule has 0 aromatic heterocycles. The lowest BCUT2D eigenvalue weighted by atomic mass is 10.00. The fourth-order valence-corrected chi connectivity index (χ4v) is 1.87. The van der Waals surface area contributed by atoms with Crippen molar-refractivity contribution in [2.45, 2.75) is 13.8 Å². The minimum Gasteiger partial charge on any atom is -0.258 e. The number of nitro groups is 1. The third kappa shape index (κ3) is 1.46. The van der Waals surface area contributed by atoms with Crippen molar-refractivity contribution in [2.24, 2.45) is 0 Å². The third-order valence-electron chi connectivity index (χ3n) is 2.64. The molecule has 2 aromatic rings. The second-order valence-corrected chi connectivity index (χ2v) is 3.66. The number of non-ortho nitro benzene ring substituents is 1. The van der Waals surface area contributed by atoms with Gasteiger partial charge in [0.05, 0.1) is 10.3 Å². The summed E-state index contributed by atoms with van der Waals surface area (Å²) in [5, 5.41) is 12.6.